The minimum Gasteiger partial charge on any atom is -0.356 e. The van der Waals surface area contributed by atoms with Crippen molar-refractivity contribution >= 4 is 45.7 Å². The van der Waals surface area contributed by atoms with Crippen molar-refractivity contribution < 1.29 is 4.39 Å². The number of fused-ring (bicyclic) bond motifs is 1. The molecule has 1 fully saturated rings. The summed E-state index contributed by atoms with van der Waals surface area (Å²) in [5.41, 5.74) is 3.04. The monoisotopic (exact) mass is 590 g/mol. The highest BCUT2D eigenvalue weighted by Crippen LogP contribution is 2.36. The van der Waals surface area contributed by atoms with Crippen LogP contribution in [-0.4, -0.2) is 54.6 Å². The van der Waals surface area contributed by atoms with Crippen LogP contribution in [0.5, 0.6) is 0 Å². The van der Waals surface area contributed by atoms with Crippen LogP contribution in [0.1, 0.15) is 44.9 Å². The zero-order valence-electron chi connectivity index (χ0n) is 23.7. The van der Waals surface area contributed by atoms with Crippen molar-refractivity contribution in [1.82, 2.24) is 24.4 Å². The van der Waals surface area contributed by atoms with Gasteiger partial charge in [0.25, 0.3) is 0 Å². The lowest BCUT2D eigenvalue weighted by molar-refractivity contribution is 0.268. The van der Waals surface area contributed by atoms with Crippen LogP contribution in [0.3, 0.4) is 0 Å². The molecule has 0 bridgehead atoms. The lowest BCUT2D eigenvalue weighted by atomic mass is 10.0. The molecule has 0 radical (unpaired) electrons. The minimum absolute atomic E-state index is 0.0249. The summed E-state index contributed by atoms with van der Waals surface area (Å²) < 4.78 is 15.8. The molecule has 4 aromatic rings. The molecule has 1 aliphatic heterocycles. The largest absolute Gasteiger partial charge is 0.356 e. The molecular weight excluding hydrogens is 559 g/mol. The Bertz CT molecular complexity index is 1740. The summed E-state index contributed by atoms with van der Waals surface area (Å²) in [6, 6.07) is 9.77. The van der Waals surface area contributed by atoms with E-state index in [9.17, 15) is 9.18 Å². The zero-order valence-corrected chi connectivity index (χ0v) is 25.3. The van der Waals surface area contributed by atoms with Gasteiger partial charge in [-0.15, -0.1) is 0 Å². The van der Waals surface area contributed by atoms with E-state index in [1.165, 1.54) is 16.7 Å². The third-order valence-electron chi connectivity index (χ3n) is 7.54. The molecule has 10 heteroatoms. The van der Waals surface area contributed by atoms with Gasteiger partial charge in [-0.1, -0.05) is 56.4 Å². The Morgan fingerprint density at radius 3 is 2.61 bits per heavy atom. The van der Waals surface area contributed by atoms with E-state index in [2.05, 4.69) is 40.2 Å². The van der Waals surface area contributed by atoms with Gasteiger partial charge in [0.05, 0.1) is 27.5 Å². The third kappa shape index (κ3) is 5.24. The molecular formula is C31H32ClFN6OS. The Hall–Kier alpha value is -3.69. The summed E-state index contributed by atoms with van der Waals surface area (Å²) in [5, 5.41) is 0.946. The van der Waals surface area contributed by atoms with E-state index < -0.39 is 11.5 Å². The molecule has 1 saturated heterocycles. The minimum atomic E-state index is -0.477. The number of thiocarbonyl (C=S) groups is 1. The van der Waals surface area contributed by atoms with Gasteiger partial charge in [-0.25, -0.2) is 18.7 Å². The van der Waals surface area contributed by atoms with E-state index in [0.29, 0.717) is 56.9 Å². The molecule has 2 unspecified atom stereocenters. The number of nitrogens with zero attached hydrogens (tertiary/aromatic N) is 6. The van der Waals surface area contributed by atoms with Gasteiger partial charge in [0.15, 0.2) is 5.65 Å². The number of piperazine rings is 1. The number of benzene rings is 1. The second kappa shape index (κ2) is 11.3. The van der Waals surface area contributed by atoms with Crippen LogP contribution in [0.15, 0.2) is 60.0 Å². The SMILES string of the molecule is C=CC(=S)N1CC(C)N(c2nc(=O)n(-c3c(C)ccnc3C(C)C)c3nc(-c4cccc(F)c4)c(Cl)cc23)CC1C. The highest BCUT2D eigenvalue weighted by atomic mass is 35.5. The van der Waals surface area contributed by atoms with E-state index in [4.69, 9.17) is 28.8 Å². The molecule has 2 atom stereocenters. The summed E-state index contributed by atoms with van der Waals surface area (Å²) in [6.45, 7) is 15.2. The highest BCUT2D eigenvalue weighted by molar-refractivity contribution is 7.80. The molecule has 41 heavy (non-hydrogen) atoms. The zero-order chi connectivity index (χ0) is 29.6. The maximum Gasteiger partial charge on any atom is 0.355 e. The first-order chi connectivity index (χ1) is 19.5. The van der Waals surface area contributed by atoms with E-state index in [-0.39, 0.29) is 18.0 Å². The van der Waals surface area contributed by atoms with Crippen LogP contribution in [0.2, 0.25) is 5.02 Å². The van der Waals surface area contributed by atoms with E-state index in [1.807, 2.05) is 26.8 Å². The lowest BCUT2D eigenvalue weighted by Gasteiger charge is -2.45. The molecule has 212 valence electrons. The number of aryl methyl sites for hydroxylation is 1. The second-order valence-electron chi connectivity index (χ2n) is 10.8. The Kier molecular flexibility index (Phi) is 7.94. The van der Waals surface area contributed by atoms with Crippen LogP contribution < -0.4 is 10.6 Å². The number of rotatable bonds is 5. The van der Waals surface area contributed by atoms with Gasteiger partial charge in [0.2, 0.25) is 0 Å². The topological polar surface area (TPSA) is 67.2 Å². The number of hydrogen-bond acceptors (Lipinski definition) is 6. The van der Waals surface area contributed by atoms with Gasteiger partial charge in [-0.2, -0.15) is 4.98 Å². The molecule has 3 aromatic heterocycles. The predicted molar refractivity (Wildman–Crippen MR) is 168 cm³/mol. The second-order valence-corrected chi connectivity index (χ2v) is 11.6. The average molecular weight is 591 g/mol. The first kappa shape index (κ1) is 28.8. The van der Waals surface area contributed by atoms with E-state index in [0.717, 1.165) is 11.3 Å². The molecule has 1 aliphatic rings. The molecule has 5 rings (SSSR count). The lowest BCUT2D eigenvalue weighted by Crippen LogP contribution is -2.58. The van der Waals surface area contributed by atoms with Crippen LogP contribution in [0.4, 0.5) is 10.2 Å². The molecule has 0 aliphatic carbocycles. The Labute approximate surface area is 249 Å². The molecule has 7 nitrogen and oxygen atoms in total. The van der Waals surface area contributed by atoms with Crippen LogP contribution in [0.25, 0.3) is 28.0 Å². The number of halogens is 2. The molecule has 0 spiro atoms. The van der Waals surface area contributed by atoms with Crippen molar-refractivity contribution in [3.8, 4) is 16.9 Å². The molecule has 0 N–H and O–H groups in total. The quantitative estimate of drug-likeness (QED) is 0.195. The fourth-order valence-electron chi connectivity index (χ4n) is 5.50. The smallest absolute Gasteiger partial charge is 0.355 e. The number of aromatic nitrogens is 4. The van der Waals surface area contributed by atoms with Crippen molar-refractivity contribution in [1.29, 1.82) is 0 Å². The van der Waals surface area contributed by atoms with Gasteiger partial charge in [0.1, 0.15) is 16.6 Å². The van der Waals surface area contributed by atoms with Gasteiger partial charge in [0, 0.05) is 36.9 Å². The van der Waals surface area contributed by atoms with Crippen molar-refractivity contribution in [2.75, 3.05) is 18.0 Å². The average Bonchev–Trinajstić information content (AvgIpc) is 2.93. The van der Waals surface area contributed by atoms with Crippen molar-refractivity contribution in [2.24, 2.45) is 0 Å². The van der Waals surface area contributed by atoms with Gasteiger partial charge in [-0.3, -0.25) is 4.98 Å². The van der Waals surface area contributed by atoms with E-state index >= 15 is 0 Å². The van der Waals surface area contributed by atoms with Crippen LogP contribution in [-0.2, 0) is 0 Å². The summed E-state index contributed by atoms with van der Waals surface area (Å²) >= 11 is 12.4. The Morgan fingerprint density at radius 1 is 1.17 bits per heavy atom. The highest BCUT2D eigenvalue weighted by Gasteiger charge is 2.33. The fraction of sp³-hybridized carbons (Fsp3) is 0.323. The normalized spacial score (nSPS) is 17.4. The van der Waals surface area contributed by atoms with Gasteiger partial charge < -0.3 is 9.80 Å². The molecule has 1 aromatic carbocycles. The molecule has 0 saturated carbocycles. The first-order valence-corrected chi connectivity index (χ1v) is 14.3. The van der Waals surface area contributed by atoms with Gasteiger partial charge in [-0.05, 0) is 62.6 Å². The number of pyridine rings is 2. The van der Waals surface area contributed by atoms with Crippen molar-refractivity contribution in [3.05, 3.63) is 87.8 Å². The summed E-state index contributed by atoms with van der Waals surface area (Å²) in [4.78, 5) is 33.2. The maximum absolute atomic E-state index is 14.2. The molecule has 0 amide bonds. The van der Waals surface area contributed by atoms with Crippen LogP contribution >= 0.6 is 23.8 Å². The van der Waals surface area contributed by atoms with Gasteiger partial charge >= 0.3 is 5.69 Å². The van der Waals surface area contributed by atoms with Crippen molar-refractivity contribution in [3.63, 3.8) is 0 Å². The Balaban J connectivity index is 1.82. The molecule has 4 heterocycles. The summed E-state index contributed by atoms with van der Waals surface area (Å²) in [5.74, 6) is 0.123. The first-order valence-electron chi connectivity index (χ1n) is 13.6. The standard InChI is InChI=1S/C31H32ClFN6OS/c1-7-25(41)37-15-20(6)38(16-19(37)5)29-23-14-24(32)27(21-9-8-10-22(33)13-21)35-30(23)39(31(40)36-29)28-18(4)11-12-34-26(28)17(2)3/h7-14,17,19-20H,1,15-16H2,2-6H3. The summed E-state index contributed by atoms with van der Waals surface area (Å²) in [7, 11) is 0. The van der Waals surface area contributed by atoms with E-state index in [1.54, 1.807) is 30.5 Å². The van der Waals surface area contributed by atoms with Crippen molar-refractivity contribution in [2.45, 2.75) is 52.6 Å². The Morgan fingerprint density at radius 2 is 1.93 bits per heavy atom. The summed E-state index contributed by atoms with van der Waals surface area (Å²) in [6.07, 6.45) is 3.42. The number of anilines is 1. The van der Waals surface area contributed by atoms with Crippen LogP contribution in [0, 0.1) is 12.7 Å². The fourth-order valence-corrected chi connectivity index (χ4v) is 6.01. The third-order valence-corrected chi connectivity index (χ3v) is 8.23. The maximum atomic E-state index is 14.2. The predicted octanol–water partition coefficient (Wildman–Crippen LogP) is 6.48. The number of hydrogen-bond donors (Lipinski definition) is 0.